The lowest BCUT2D eigenvalue weighted by atomic mass is 9.95. The zero-order chi connectivity index (χ0) is 14.8. The molecule has 1 aliphatic heterocycles. The van der Waals surface area contributed by atoms with Gasteiger partial charge in [-0.15, -0.1) is 0 Å². The standard InChI is InChI=1S/C18H21NO2/c1-12-7-8-14(13(2)11-12)18(19)17-9-10-20-15-5-3-4-6-16(15)21-17/h3-8,11,17-18H,9-10,19H2,1-2H3. The van der Waals surface area contributed by atoms with E-state index < -0.39 is 0 Å². The van der Waals surface area contributed by atoms with Crippen LogP contribution < -0.4 is 15.2 Å². The molecule has 110 valence electrons. The van der Waals surface area contributed by atoms with Crippen LogP contribution in [0.15, 0.2) is 42.5 Å². The van der Waals surface area contributed by atoms with Gasteiger partial charge in [0.1, 0.15) is 6.10 Å². The molecule has 2 aromatic rings. The van der Waals surface area contributed by atoms with Crippen molar-refractivity contribution in [1.82, 2.24) is 0 Å². The van der Waals surface area contributed by atoms with Crippen LogP contribution in [0.25, 0.3) is 0 Å². The highest BCUT2D eigenvalue weighted by Crippen LogP contribution is 2.33. The van der Waals surface area contributed by atoms with Gasteiger partial charge in [0, 0.05) is 6.42 Å². The lowest BCUT2D eigenvalue weighted by Gasteiger charge is -2.24. The number of hydrogen-bond acceptors (Lipinski definition) is 3. The number of para-hydroxylation sites is 2. The molecule has 0 spiro atoms. The van der Waals surface area contributed by atoms with Crippen LogP contribution in [-0.2, 0) is 0 Å². The van der Waals surface area contributed by atoms with Gasteiger partial charge in [0.25, 0.3) is 0 Å². The fraction of sp³-hybridized carbons (Fsp3) is 0.333. The van der Waals surface area contributed by atoms with Crippen LogP contribution in [0.4, 0.5) is 0 Å². The van der Waals surface area contributed by atoms with E-state index in [9.17, 15) is 0 Å². The van der Waals surface area contributed by atoms with E-state index in [1.54, 1.807) is 0 Å². The summed E-state index contributed by atoms with van der Waals surface area (Å²) >= 11 is 0. The van der Waals surface area contributed by atoms with E-state index in [-0.39, 0.29) is 12.1 Å². The molecule has 2 atom stereocenters. The van der Waals surface area contributed by atoms with E-state index in [1.807, 2.05) is 24.3 Å². The number of hydrogen-bond donors (Lipinski definition) is 1. The number of aryl methyl sites for hydroxylation is 2. The maximum absolute atomic E-state index is 6.47. The molecule has 2 aromatic carbocycles. The second-order valence-corrected chi connectivity index (χ2v) is 5.63. The average molecular weight is 283 g/mol. The topological polar surface area (TPSA) is 44.5 Å². The third-order valence-corrected chi connectivity index (χ3v) is 3.97. The summed E-state index contributed by atoms with van der Waals surface area (Å²) in [5, 5.41) is 0. The van der Waals surface area contributed by atoms with Gasteiger partial charge >= 0.3 is 0 Å². The highest BCUT2D eigenvalue weighted by molar-refractivity contribution is 5.41. The third-order valence-electron chi connectivity index (χ3n) is 3.97. The van der Waals surface area contributed by atoms with Gasteiger partial charge in [-0.05, 0) is 37.1 Å². The zero-order valence-electron chi connectivity index (χ0n) is 12.5. The highest BCUT2D eigenvalue weighted by Gasteiger charge is 2.26. The molecule has 3 nitrogen and oxygen atoms in total. The van der Waals surface area contributed by atoms with Gasteiger partial charge in [-0.25, -0.2) is 0 Å². The lowest BCUT2D eigenvalue weighted by Crippen LogP contribution is -2.32. The van der Waals surface area contributed by atoms with Crippen molar-refractivity contribution in [3.63, 3.8) is 0 Å². The van der Waals surface area contributed by atoms with Crippen molar-refractivity contribution in [3.05, 3.63) is 59.2 Å². The molecule has 0 aromatic heterocycles. The Kier molecular flexibility index (Phi) is 3.84. The largest absolute Gasteiger partial charge is 0.490 e. The predicted molar refractivity (Wildman–Crippen MR) is 83.8 cm³/mol. The molecule has 3 rings (SSSR count). The van der Waals surface area contributed by atoms with Gasteiger partial charge in [0.2, 0.25) is 0 Å². The highest BCUT2D eigenvalue weighted by atomic mass is 16.5. The summed E-state index contributed by atoms with van der Waals surface area (Å²) in [7, 11) is 0. The lowest BCUT2D eigenvalue weighted by molar-refractivity contribution is 0.161. The second kappa shape index (κ2) is 5.78. The zero-order valence-corrected chi connectivity index (χ0v) is 12.5. The molecule has 21 heavy (non-hydrogen) atoms. The first kappa shape index (κ1) is 14.0. The van der Waals surface area contributed by atoms with Crippen LogP contribution in [0.3, 0.4) is 0 Å². The molecule has 2 unspecified atom stereocenters. The predicted octanol–water partition coefficient (Wildman–Crippen LogP) is 3.53. The number of benzene rings is 2. The van der Waals surface area contributed by atoms with Gasteiger partial charge in [0.05, 0.1) is 12.6 Å². The van der Waals surface area contributed by atoms with Crippen molar-refractivity contribution < 1.29 is 9.47 Å². The van der Waals surface area contributed by atoms with Crippen LogP contribution in [0, 0.1) is 13.8 Å². The molecular formula is C18H21NO2. The quantitative estimate of drug-likeness (QED) is 0.917. The normalized spacial score (nSPS) is 18.9. The maximum atomic E-state index is 6.47. The molecule has 0 fully saturated rings. The van der Waals surface area contributed by atoms with Crippen LogP contribution >= 0.6 is 0 Å². The summed E-state index contributed by atoms with van der Waals surface area (Å²) in [6.07, 6.45) is 0.707. The van der Waals surface area contributed by atoms with Crippen LogP contribution in [0.1, 0.15) is 29.2 Å². The van der Waals surface area contributed by atoms with Crippen molar-refractivity contribution in [2.75, 3.05) is 6.61 Å². The molecule has 0 aliphatic carbocycles. The monoisotopic (exact) mass is 283 g/mol. The molecule has 0 radical (unpaired) electrons. The number of fused-ring (bicyclic) bond motifs is 1. The Morgan fingerprint density at radius 2 is 1.86 bits per heavy atom. The molecule has 1 aliphatic rings. The smallest absolute Gasteiger partial charge is 0.161 e. The Bertz CT molecular complexity index is 639. The number of rotatable bonds is 2. The SMILES string of the molecule is Cc1ccc(C(N)C2CCOc3ccccc3O2)c(C)c1. The van der Waals surface area contributed by atoms with Crippen molar-refractivity contribution in [3.8, 4) is 11.5 Å². The van der Waals surface area contributed by atoms with E-state index in [4.69, 9.17) is 15.2 Å². The third kappa shape index (κ3) is 2.88. The van der Waals surface area contributed by atoms with Gasteiger partial charge in [-0.2, -0.15) is 0 Å². The molecule has 1 heterocycles. The molecular weight excluding hydrogens is 262 g/mol. The first-order valence-electron chi connectivity index (χ1n) is 7.36. The van der Waals surface area contributed by atoms with Gasteiger partial charge in [-0.1, -0.05) is 35.9 Å². The fourth-order valence-corrected chi connectivity index (χ4v) is 2.83. The summed E-state index contributed by atoms with van der Waals surface area (Å²) in [6.45, 7) is 4.82. The Morgan fingerprint density at radius 3 is 2.62 bits per heavy atom. The van der Waals surface area contributed by atoms with E-state index >= 15 is 0 Å². The summed E-state index contributed by atoms with van der Waals surface area (Å²) in [4.78, 5) is 0. The van der Waals surface area contributed by atoms with Gasteiger partial charge in [-0.3, -0.25) is 0 Å². The van der Waals surface area contributed by atoms with Crippen molar-refractivity contribution in [2.45, 2.75) is 32.4 Å². The first-order chi connectivity index (χ1) is 10.1. The van der Waals surface area contributed by atoms with Crippen molar-refractivity contribution in [1.29, 1.82) is 0 Å². The van der Waals surface area contributed by atoms with E-state index in [1.165, 1.54) is 11.1 Å². The Labute approximate surface area is 125 Å². The van der Waals surface area contributed by atoms with E-state index in [0.717, 1.165) is 23.5 Å². The Hall–Kier alpha value is -2.00. The molecule has 0 amide bonds. The maximum Gasteiger partial charge on any atom is 0.161 e. The van der Waals surface area contributed by atoms with Gasteiger partial charge in [0.15, 0.2) is 11.5 Å². The summed E-state index contributed by atoms with van der Waals surface area (Å²) in [5.74, 6) is 1.58. The minimum Gasteiger partial charge on any atom is -0.490 e. The Morgan fingerprint density at radius 1 is 1.10 bits per heavy atom. The minimum absolute atomic E-state index is 0.0740. The number of ether oxygens (including phenoxy) is 2. The van der Waals surface area contributed by atoms with Crippen LogP contribution in [-0.4, -0.2) is 12.7 Å². The summed E-state index contributed by atoms with van der Waals surface area (Å²) < 4.78 is 11.8. The second-order valence-electron chi connectivity index (χ2n) is 5.63. The molecule has 0 saturated carbocycles. The molecule has 0 saturated heterocycles. The van der Waals surface area contributed by atoms with E-state index in [0.29, 0.717) is 6.61 Å². The number of nitrogens with two attached hydrogens (primary N) is 1. The van der Waals surface area contributed by atoms with Crippen molar-refractivity contribution in [2.24, 2.45) is 5.73 Å². The van der Waals surface area contributed by atoms with Crippen molar-refractivity contribution >= 4 is 0 Å². The van der Waals surface area contributed by atoms with Gasteiger partial charge < -0.3 is 15.2 Å². The summed E-state index contributed by atoms with van der Waals surface area (Å²) in [6, 6.07) is 14.0. The fourth-order valence-electron chi connectivity index (χ4n) is 2.83. The first-order valence-corrected chi connectivity index (χ1v) is 7.36. The minimum atomic E-state index is -0.152. The van der Waals surface area contributed by atoms with E-state index in [2.05, 4.69) is 32.0 Å². The molecule has 3 heteroatoms. The van der Waals surface area contributed by atoms with Crippen LogP contribution in [0.2, 0.25) is 0 Å². The summed E-state index contributed by atoms with van der Waals surface area (Å²) in [5.41, 5.74) is 10.1. The molecule has 2 N–H and O–H groups in total. The Balaban J connectivity index is 1.86. The molecule has 0 bridgehead atoms. The average Bonchev–Trinajstić information content (AvgIpc) is 2.68. The van der Waals surface area contributed by atoms with Crippen LogP contribution in [0.5, 0.6) is 11.5 Å².